The Morgan fingerprint density at radius 2 is 1.58 bits per heavy atom. The second-order valence-corrected chi connectivity index (χ2v) is 6.27. The number of benzene rings is 2. The van der Waals surface area contributed by atoms with E-state index in [9.17, 15) is 9.59 Å². The highest BCUT2D eigenvalue weighted by Gasteiger charge is 2.48. The van der Waals surface area contributed by atoms with Gasteiger partial charge in [0.15, 0.2) is 0 Å². The van der Waals surface area contributed by atoms with Crippen molar-refractivity contribution in [1.29, 1.82) is 0 Å². The highest BCUT2D eigenvalue weighted by atomic mass is 16.5. The predicted octanol–water partition coefficient (Wildman–Crippen LogP) is 4.10. The number of carbonyl (C=O) groups is 2. The van der Waals surface area contributed by atoms with Crippen molar-refractivity contribution >= 4 is 11.8 Å². The maximum Gasteiger partial charge on any atom is 0.317 e. The van der Waals surface area contributed by atoms with E-state index < -0.39 is 5.92 Å². The standard InChI is InChI=1S/C21H22O3/c1-2-13-24-21(23)20-18(22)14-17(15-9-5-3-6-10-15)19(20)16-11-7-4-8-12-16/h3-12,17,19-20H,2,13-14H2,1H3/t17-,19+,20+/m0/s1. The molecule has 0 bridgehead atoms. The van der Waals surface area contributed by atoms with Gasteiger partial charge in [0.25, 0.3) is 0 Å². The van der Waals surface area contributed by atoms with Crippen LogP contribution in [0.5, 0.6) is 0 Å². The molecule has 0 aliphatic heterocycles. The lowest BCUT2D eigenvalue weighted by molar-refractivity contribution is -0.151. The molecule has 0 radical (unpaired) electrons. The van der Waals surface area contributed by atoms with Crippen molar-refractivity contribution in [3.8, 4) is 0 Å². The van der Waals surface area contributed by atoms with Crippen LogP contribution in [0.3, 0.4) is 0 Å². The van der Waals surface area contributed by atoms with Gasteiger partial charge in [0.1, 0.15) is 11.7 Å². The van der Waals surface area contributed by atoms with Gasteiger partial charge in [0.2, 0.25) is 0 Å². The highest BCUT2D eigenvalue weighted by molar-refractivity contribution is 6.02. The number of hydrogen-bond acceptors (Lipinski definition) is 3. The molecule has 1 fully saturated rings. The second-order valence-electron chi connectivity index (χ2n) is 6.27. The topological polar surface area (TPSA) is 43.4 Å². The van der Waals surface area contributed by atoms with Crippen LogP contribution in [0.1, 0.15) is 42.7 Å². The average Bonchev–Trinajstić information content (AvgIpc) is 2.98. The molecule has 0 aromatic heterocycles. The number of ketones is 1. The normalized spacial score (nSPS) is 23.2. The number of hydrogen-bond donors (Lipinski definition) is 0. The van der Waals surface area contributed by atoms with Gasteiger partial charge >= 0.3 is 5.97 Å². The summed E-state index contributed by atoms with van der Waals surface area (Å²) in [6, 6.07) is 19.8. The lowest BCUT2D eigenvalue weighted by Crippen LogP contribution is -2.27. The van der Waals surface area contributed by atoms with Crippen molar-refractivity contribution in [1.82, 2.24) is 0 Å². The summed E-state index contributed by atoms with van der Waals surface area (Å²) in [7, 11) is 0. The van der Waals surface area contributed by atoms with Crippen LogP contribution in [0.25, 0.3) is 0 Å². The summed E-state index contributed by atoms with van der Waals surface area (Å²) < 4.78 is 5.32. The fourth-order valence-corrected chi connectivity index (χ4v) is 3.60. The lowest BCUT2D eigenvalue weighted by atomic mass is 9.80. The van der Waals surface area contributed by atoms with Crippen LogP contribution in [0.2, 0.25) is 0 Å². The quantitative estimate of drug-likeness (QED) is 0.615. The molecule has 1 aliphatic carbocycles. The largest absolute Gasteiger partial charge is 0.465 e. The van der Waals surface area contributed by atoms with E-state index in [1.807, 2.05) is 67.6 Å². The van der Waals surface area contributed by atoms with Gasteiger partial charge in [0, 0.05) is 12.3 Å². The predicted molar refractivity (Wildman–Crippen MR) is 92.7 cm³/mol. The Morgan fingerprint density at radius 1 is 1.00 bits per heavy atom. The Kier molecular flexibility index (Phi) is 5.09. The molecule has 3 atom stereocenters. The molecule has 1 saturated carbocycles. The second kappa shape index (κ2) is 7.43. The van der Waals surface area contributed by atoms with Crippen LogP contribution >= 0.6 is 0 Å². The Hall–Kier alpha value is -2.42. The van der Waals surface area contributed by atoms with Crippen LogP contribution in [0.4, 0.5) is 0 Å². The average molecular weight is 322 g/mol. The zero-order valence-electron chi connectivity index (χ0n) is 13.9. The van der Waals surface area contributed by atoms with Gasteiger partial charge in [-0.05, 0) is 23.5 Å². The van der Waals surface area contributed by atoms with E-state index in [4.69, 9.17) is 4.74 Å². The van der Waals surface area contributed by atoms with Crippen LogP contribution < -0.4 is 0 Å². The van der Waals surface area contributed by atoms with Gasteiger partial charge < -0.3 is 4.74 Å². The third-order valence-electron chi connectivity index (χ3n) is 4.68. The van der Waals surface area contributed by atoms with Gasteiger partial charge in [-0.2, -0.15) is 0 Å². The van der Waals surface area contributed by atoms with Crippen molar-refractivity contribution in [2.75, 3.05) is 6.61 Å². The summed E-state index contributed by atoms with van der Waals surface area (Å²) >= 11 is 0. The van der Waals surface area contributed by atoms with E-state index in [2.05, 4.69) is 0 Å². The zero-order valence-corrected chi connectivity index (χ0v) is 13.9. The molecule has 0 N–H and O–H groups in total. The third-order valence-corrected chi connectivity index (χ3v) is 4.68. The summed E-state index contributed by atoms with van der Waals surface area (Å²) in [5.74, 6) is -1.25. The Bertz CT molecular complexity index is 694. The monoisotopic (exact) mass is 322 g/mol. The Morgan fingerprint density at radius 3 is 2.17 bits per heavy atom. The minimum Gasteiger partial charge on any atom is -0.465 e. The van der Waals surface area contributed by atoms with Gasteiger partial charge in [-0.15, -0.1) is 0 Å². The van der Waals surface area contributed by atoms with E-state index in [0.717, 1.165) is 17.5 Å². The minimum atomic E-state index is -0.704. The van der Waals surface area contributed by atoms with Crippen molar-refractivity contribution in [3.05, 3.63) is 71.8 Å². The first-order chi connectivity index (χ1) is 11.7. The molecule has 124 valence electrons. The molecule has 0 heterocycles. The van der Waals surface area contributed by atoms with Gasteiger partial charge in [-0.3, -0.25) is 9.59 Å². The minimum absolute atomic E-state index is 0.0141. The summed E-state index contributed by atoms with van der Waals surface area (Å²) in [6.45, 7) is 2.31. The molecule has 3 rings (SSSR count). The Balaban J connectivity index is 1.98. The fraction of sp³-hybridized carbons (Fsp3) is 0.333. The first kappa shape index (κ1) is 16.4. The maximum atomic E-state index is 12.6. The molecule has 3 nitrogen and oxygen atoms in total. The van der Waals surface area contributed by atoms with Gasteiger partial charge in [-0.25, -0.2) is 0 Å². The molecule has 0 unspecified atom stereocenters. The summed E-state index contributed by atoms with van der Waals surface area (Å²) in [5, 5.41) is 0. The highest BCUT2D eigenvalue weighted by Crippen LogP contribution is 2.48. The molecule has 0 spiro atoms. The van der Waals surface area contributed by atoms with E-state index in [1.165, 1.54) is 0 Å². The van der Waals surface area contributed by atoms with E-state index in [-0.39, 0.29) is 23.6 Å². The molecule has 1 aliphatic rings. The van der Waals surface area contributed by atoms with Crippen molar-refractivity contribution in [2.45, 2.75) is 31.6 Å². The number of esters is 1. The van der Waals surface area contributed by atoms with E-state index in [1.54, 1.807) is 0 Å². The van der Waals surface area contributed by atoms with Crippen molar-refractivity contribution in [2.24, 2.45) is 5.92 Å². The van der Waals surface area contributed by atoms with E-state index in [0.29, 0.717) is 13.0 Å². The summed E-state index contributed by atoms with van der Waals surface area (Å²) in [4.78, 5) is 25.2. The van der Waals surface area contributed by atoms with Gasteiger partial charge in [-0.1, -0.05) is 67.6 Å². The van der Waals surface area contributed by atoms with Crippen LogP contribution in [-0.2, 0) is 14.3 Å². The molecule has 2 aromatic carbocycles. The molecule has 0 saturated heterocycles. The first-order valence-electron chi connectivity index (χ1n) is 8.51. The SMILES string of the molecule is CCCOC(=O)[C@@H]1C(=O)C[C@@H](c2ccccc2)[C@H]1c1ccccc1. The molecular formula is C21H22O3. The molecule has 2 aromatic rings. The summed E-state index contributed by atoms with van der Waals surface area (Å²) in [5.41, 5.74) is 2.13. The lowest BCUT2D eigenvalue weighted by Gasteiger charge is -2.24. The number of Topliss-reactive ketones (excluding diaryl/α,β-unsaturated/α-hetero) is 1. The van der Waals surface area contributed by atoms with Crippen LogP contribution in [-0.4, -0.2) is 18.4 Å². The smallest absolute Gasteiger partial charge is 0.317 e. The maximum absolute atomic E-state index is 12.6. The van der Waals surface area contributed by atoms with Crippen LogP contribution in [0, 0.1) is 5.92 Å². The van der Waals surface area contributed by atoms with Crippen molar-refractivity contribution in [3.63, 3.8) is 0 Å². The number of rotatable bonds is 5. The zero-order chi connectivity index (χ0) is 16.9. The Labute approximate surface area is 142 Å². The fourth-order valence-electron chi connectivity index (χ4n) is 3.60. The molecular weight excluding hydrogens is 300 g/mol. The molecule has 0 amide bonds. The number of ether oxygens (including phenoxy) is 1. The van der Waals surface area contributed by atoms with Crippen LogP contribution in [0.15, 0.2) is 60.7 Å². The van der Waals surface area contributed by atoms with E-state index >= 15 is 0 Å². The molecule has 24 heavy (non-hydrogen) atoms. The summed E-state index contributed by atoms with van der Waals surface area (Å²) in [6.07, 6.45) is 1.14. The third kappa shape index (κ3) is 3.25. The molecule has 3 heteroatoms. The van der Waals surface area contributed by atoms with Crippen molar-refractivity contribution < 1.29 is 14.3 Å². The van der Waals surface area contributed by atoms with Gasteiger partial charge in [0.05, 0.1) is 6.61 Å². The first-order valence-corrected chi connectivity index (χ1v) is 8.51. The number of carbonyl (C=O) groups excluding carboxylic acids is 2.